The number of anilines is 1. The van der Waals surface area contributed by atoms with Crippen molar-refractivity contribution in [2.75, 3.05) is 12.3 Å². The summed E-state index contributed by atoms with van der Waals surface area (Å²) in [5.41, 5.74) is 6.66. The number of hydrogen-bond donors (Lipinski definition) is 6. The summed E-state index contributed by atoms with van der Waals surface area (Å²) in [6.07, 6.45) is -3.22. The summed E-state index contributed by atoms with van der Waals surface area (Å²) in [6, 6.07) is 9.47. The first-order valence-corrected chi connectivity index (χ1v) is 10.7. The van der Waals surface area contributed by atoms with E-state index in [1.54, 1.807) is 10.9 Å². The Morgan fingerprint density at radius 3 is 2.80 bits per heavy atom. The molecule has 0 radical (unpaired) electrons. The Morgan fingerprint density at radius 2 is 2.06 bits per heavy atom. The lowest BCUT2D eigenvalue weighted by molar-refractivity contribution is -0.745. The number of H-pyrrole nitrogens is 2. The molecule has 1 aliphatic rings. The Bertz CT molecular complexity index is 1390. The first-order chi connectivity index (χ1) is 16.9. The van der Waals surface area contributed by atoms with E-state index >= 15 is 0 Å². The third kappa shape index (κ3) is 4.46. The smallest absolute Gasteiger partial charge is 0.313 e. The lowest BCUT2D eigenvalue weighted by atomic mass is 10.1. The molecular weight excluding hydrogens is 460 g/mol. The predicted molar refractivity (Wildman–Crippen MR) is 117 cm³/mol. The highest BCUT2D eigenvalue weighted by Gasteiger charge is 2.47. The normalized spacial score (nSPS) is 22.0. The molecule has 1 saturated heterocycles. The zero-order valence-corrected chi connectivity index (χ0v) is 18.3. The number of nitrogens with zero attached hydrogens (tertiary/aromatic N) is 6. The lowest BCUT2D eigenvalue weighted by Gasteiger charge is -2.14. The summed E-state index contributed by atoms with van der Waals surface area (Å²) in [6.45, 7) is 0.269. The molecule has 35 heavy (non-hydrogen) atoms. The molecule has 4 aromatic rings. The number of aromatic nitrogens is 8. The fraction of sp³-hybridized carbons (Fsp3) is 0.350. The highest BCUT2D eigenvalue weighted by molar-refractivity contribution is 5.77. The SMILES string of the molecule is Nc1nc2c(c(=O)[nH]1)n(Cc1ccccc1)c[n+]2[C@@H]1O[C@H](CNC(=O)Cc2nn[nH]n2)[C@@H](O)[C@H]1O. The number of imidazole rings is 1. The van der Waals surface area contributed by atoms with E-state index in [4.69, 9.17) is 10.5 Å². The van der Waals surface area contributed by atoms with Crippen molar-refractivity contribution >= 4 is 23.0 Å². The molecule has 15 heteroatoms. The molecule has 15 nitrogen and oxygen atoms in total. The second-order valence-corrected chi connectivity index (χ2v) is 8.11. The van der Waals surface area contributed by atoms with E-state index in [0.29, 0.717) is 6.54 Å². The average Bonchev–Trinajstić information content (AvgIpc) is 3.53. The molecule has 1 aliphatic heterocycles. The van der Waals surface area contributed by atoms with Gasteiger partial charge in [-0.3, -0.25) is 19.1 Å². The molecule has 182 valence electrons. The van der Waals surface area contributed by atoms with E-state index in [2.05, 4.69) is 35.9 Å². The summed E-state index contributed by atoms with van der Waals surface area (Å²) in [5, 5.41) is 37.0. The van der Waals surface area contributed by atoms with Gasteiger partial charge in [0.1, 0.15) is 18.3 Å². The van der Waals surface area contributed by atoms with Crippen LogP contribution >= 0.6 is 0 Å². The molecule has 3 aromatic heterocycles. The number of carbonyl (C=O) groups excluding carboxylic acids is 1. The minimum atomic E-state index is -1.36. The van der Waals surface area contributed by atoms with Gasteiger partial charge in [0.25, 0.3) is 11.5 Å². The first-order valence-electron chi connectivity index (χ1n) is 10.7. The number of amides is 1. The molecule has 0 unspecified atom stereocenters. The van der Waals surface area contributed by atoms with Gasteiger partial charge in [0, 0.05) is 6.54 Å². The second-order valence-electron chi connectivity index (χ2n) is 8.11. The molecule has 1 aromatic carbocycles. The van der Waals surface area contributed by atoms with Gasteiger partial charge >= 0.3 is 5.65 Å². The van der Waals surface area contributed by atoms with Crippen LogP contribution in [0.3, 0.4) is 0 Å². The van der Waals surface area contributed by atoms with Crippen LogP contribution in [0.1, 0.15) is 17.6 Å². The van der Waals surface area contributed by atoms with Crippen molar-refractivity contribution in [1.82, 2.24) is 40.5 Å². The van der Waals surface area contributed by atoms with Crippen LogP contribution in [0.25, 0.3) is 11.2 Å². The number of hydrogen-bond acceptors (Lipinski definition) is 10. The number of nitrogens with two attached hydrogens (primary N) is 1. The monoisotopic (exact) mass is 483 g/mol. The van der Waals surface area contributed by atoms with Crippen LogP contribution in [0, 0.1) is 0 Å². The molecule has 5 rings (SSSR count). The van der Waals surface area contributed by atoms with Crippen LogP contribution in [0.4, 0.5) is 5.95 Å². The number of tetrazole rings is 1. The van der Waals surface area contributed by atoms with Crippen LogP contribution in [0.5, 0.6) is 0 Å². The van der Waals surface area contributed by atoms with Gasteiger partial charge in [-0.2, -0.15) is 5.21 Å². The number of carbonyl (C=O) groups is 1. The lowest BCUT2D eigenvalue weighted by Crippen LogP contribution is -2.46. The van der Waals surface area contributed by atoms with Gasteiger partial charge in [-0.15, -0.1) is 10.2 Å². The van der Waals surface area contributed by atoms with Crippen molar-refractivity contribution in [3.05, 3.63) is 58.4 Å². The van der Waals surface area contributed by atoms with Gasteiger partial charge < -0.3 is 26.0 Å². The van der Waals surface area contributed by atoms with Gasteiger partial charge in [-0.1, -0.05) is 40.5 Å². The standard InChI is InChI=1S/C20H22N10O5/c21-20-23-17-14(18(34)24-20)29(8-10-4-2-1-3-5-10)9-30(17)19-16(33)15(32)11(35-19)7-22-13(31)6-12-25-27-28-26-12/h1-5,9,11,15-16,19,32-33H,6-8H2,(H4-,21,22,23,24,25,26,27,28,31,34)/p+1/t11-,15-,16-,19-/m1/s1. The van der Waals surface area contributed by atoms with E-state index in [9.17, 15) is 19.8 Å². The minimum Gasteiger partial charge on any atom is -0.387 e. The quantitative estimate of drug-likeness (QED) is 0.148. The van der Waals surface area contributed by atoms with Crippen LogP contribution in [-0.2, 0) is 22.5 Å². The molecule has 0 bridgehead atoms. The number of nitrogens with one attached hydrogen (secondary N) is 3. The third-order valence-corrected chi connectivity index (χ3v) is 5.71. The number of rotatable bonds is 7. The third-order valence-electron chi connectivity index (χ3n) is 5.71. The largest absolute Gasteiger partial charge is 0.387 e. The summed E-state index contributed by atoms with van der Waals surface area (Å²) in [4.78, 5) is 31.6. The maximum Gasteiger partial charge on any atom is 0.313 e. The number of aliphatic hydroxyl groups excluding tert-OH is 2. The number of fused-ring (bicyclic) bond motifs is 1. The summed E-state index contributed by atoms with van der Waals surface area (Å²) < 4.78 is 9.02. The van der Waals surface area contributed by atoms with Crippen LogP contribution < -0.4 is 21.2 Å². The van der Waals surface area contributed by atoms with Crippen molar-refractivity contribution in [3.63, 3.8) is 0 Å². The van der Waals surface area contributed by atoms with Crippen molar-refractivity contribution in [3.8, 4) is 0 Å². The molecule has 1 amide bonds. The molecule has 0 spiro atoms. The Kier molecular flexibility index (Phi) is 5.94. The summed E-state index contributed by atoms with van der Waals surface area (Å²) >= 11 is 0. The molecular formula is C20H23N10O5+. The Labute approximate surface area is 196 Å². The Morgan fingerprint density at radius 1 is 1.26 bits per heavy atom. The van der Waals surface area contributed by atoms with Gasteiger partial charge in [0.15, 0.2) is 12.2 Å². The van der Waals surface area contributed by atoms with Crippen molar-refractivity contribution < 1.29 is 24.3 Å². The van der Waals surface area contributed by atoms with Crippen molar-refractivity contribution in [2.24, 2.45) is 0 Å². The van der Waals surface area contributed by atoms with Crippen molar-refractivity contribution in [2.45, 2.75) is 37.5 Å². The van der Waals surface area contributed by atoms with E-state index in [1.165, 1.54) is 4.57 Å². The topological polar surface area (TPSA) is 214 Å². The number of nitrogen functional groups attached to an aromatic ring is 1. The van der Waals surface area contributed by atoms with Gasteiger partial charge in [-0.05, 0) is 5.56 Å². The highest BCUT2D eigenvalue weighted by atomic mass is 16.6. The van der Waals surface area contributed by atoms with Gasteiger partial charge in [0.2, 0.25) is 17.7 Å². The number of benzene rings is 1. The number of aliphatic hydroxyl groups is 2. The average molecular weight is 483 g/mol. The maximum absolute atomic E-state index is 12.7. The molecule has 1 fully saturated rings. The predicted octanol–water partition coefficient (Wildman–Crippen LogP) is -2.87. The Balaban J connectivity index is 1.40. The molecule has 0 aliphatic carbocycles. The zero-order chi connectivity index (χ0) is 24.5. The van der Waals surface area contributed by atoms with Gasteiger partial charge in [0.05, 0.1) is 13.0 Å². The first kappa shape index (κ1) is 22.6. The molecule has 0 saturated carbocycles. The fourth-order valence-electron chi connectivity index (χ4n) is 4.07. The van der Waals surface area contributed by atoms with E-state index in [1.807, 2.05) is 30.3 Å². The fourth-order valence-corrected chi connectivity index (χ4v) is 4.07. The van der Waals surface area contributed by atoms with E-state index < -0.39 is 36.0 Å². The zero-order valence-electron chi connectivity index (χ0n) is 18.3. The Hall–Kier alpha value is -4.21. The number of ether oxygens (including phenoxy) is 1. The summed E-state index contributed by atoms with van der Waals surface area (Å²) in [5.74, 6) is -0.302. The minimum absolute atomic E-state index is 0.0786. The van der Waals surface area contributed by atoms with E-state index in [-0.39, 0.29) is 35.9 Å². The maximum atomic E-state index is 12.7. The van der Waals surface area contributed by atoms with Crippen LogP contribution in [0.15, 0.2) is 41.5 Å². The van der Waals surface area contributed by atoms with Gasteiger partial charge in [-0.25, -0.2) is 4.57 Å². The molecule has 7 N–H and O–H groups in total. The molecule has 4 heterocycles. The van der Waals surface area contributed by atoms with Crippen LogP contribution in [0.2, 0.25) is 0 Å². The van der Waals surface area contributed by atoms with E-state index in [0.717, 1.165) is 5.56 Å². The highest BCUT2D eigenvalue weighted by Crippen LogP contribution is 2.26. The van der Waals surface area contributed by atoms with Crippen molar-refractivity contribution in [1.29, 1.82) is 0 Å². The second kappa shape index (κ2) is 9.21. The summed E-state index contributed by atoms with van der Waals surface area (Å²) in [7, 11) is 0. The number of aromatic amines is 2. The molecule has 4 atom stereocenters. The van der Waals surface area contributed by atoms with Crippen LogP contribution in [-0.4, -0.2) is 76.1 Å².